The molecule has 0 aliphatic heterocycles. The Kier molecular flexibility index (Phi) is 7.96. The molecule has 0 saturated heterocycles. The van der Waals surface area contributed by atoms with Gasteiger partial charge in [-0.05, 0) is 30.2 Å². The van der Waals surface area contributed by atoms with E-state index in [1.54, 1.807) is 7.11 Å². The third kappa shape index (κ3) is 6.41. The second-order valence-corrected chi connectivity index (χ2v) is 6.36. The van der Waals surface area contributed by atoms with E-state index in [1.807, 2.05) is 7.05 Å². The first-order chi connectivity index (χ1) is 12.6. The van der Waals surface area contributed by atoms with Gasteiger partial charge in [0.15, 0.2) is 5.96 Å². The predicted molar refractivity (Wildman–Crippen MR) is 110 cm³/mol. The predicted octanol–water partition coefficient (Wildman–Crippen LogP) is 3.26. The number of anilines is 1. The molecule has 0 heterocycles. The molecular formula is C21H30N4O. The maximum absolute atomic E-state index is 5.04. The van der Waals surface area contributed by atoms with Crippen molar-refractivity contribution in [3.8, 4) is 0 Å². The number of hydrogen-bond acceptors (Lipinski definition) is 3. The summed E-state index contributed by atoms with van der Waals surface area (Å²) >= 11 is 0. The van der Waals surface area contributed by atoms with Crippen molar-refractivity contribution in [2.24, 2.45) is 4.99 Å². The maximum Gasteiger partial charge on any atom is 0.193 e. The molecule has 2 rings (SSSR count). The monoisotopic (exact) mass is 354 g/mol. The van der Waals surface area contributed by atoms with Gasteiger partial charge >= 0.3 is 0 Å². The van der Waals surface area contributed by atoms with Crippen molar-refractivity contribution >= 4 is 11.6 Å². The van der Waals surface area contributed by atoms with Crippen LogP contribution in [0.25, 0.3) is 0 Å². The van der Waals surface area contributed by atoms with E-state index in [0.717, 1.165) is 31.3 Å². The van der Waals surface area contributed by atoms with E-state index < -0.39 is 0 Å². The van der Waals surface area contributed by atoms with Gasteiger partial charge in [-0.15, -0.1) is 0 Å². The fourth-order valence-electron chi connectivity index (χ4n) is 2.65. The summed E-state index contributed by atoms with van der Waals surface area (Å²) in [5, 5.41) is 6.75. The van der Waals surface area contributed by atoms with Crippen LogP contribution >= 0.6 is 0 Å². The first-order valence-electron chi connectivity index (χ1n) is 8.91. The van der Waals surface area contributed by atoms with Crippen LogP contribution in [0.15, 0.2) is 53.5 Å². The van der Waals surface area contributed by atoms with Crippen LogP contribution in [-0.2, 0) is 17.8 Å². The van der Waals surface area contributed by atoms with Crippen LogP contribution in [0.4, 0.5) is 5.69 Å². The number of aliphatic imine (C=N–C) groups is 1. The SMILES string of the molecule is CN=C(NCc1ccc(NCCOC)cc1)N(C)Cc1ccc(C)cc1. The summed E-state index contributed by atoms with van der Waals surface area (Å²) in [6.07, 6.45) is 0. The molecule has 2 aromatic carbocycles. The maximum atomic E-state index is 5.04. The second kappa shape index (κ2) is 10.5. The van der Waals surface area contributed by atoms with Crippen LogP contribution in [0.1, 0.15) is 16.7 Å². The van der Waals surface area contributed by atoms with Crippen LogP contribution < -0.4 is 10.6 Å². The Labute approximate surface area is 157 Å². The van der Waals surface area contributed by atoms with Gasteiger partial charge in [0.25, 0.3) is 0 Å². The van der Waals surface area contributed by atoms with Gasteiger partial charge in [-0.3, -0.25) is 4.99 Å². The summed E-state index contributed by atoms with van der Waals surface area (Å²) in [6.45, 7) is 5.18. The van der Waals surface area contributed by atoms with Crippen molar-refractivity contribution in [2.45, 2.75) is 20.0 Å². The fraction of sp³-hybridized carbons (Fsp3) is 0.381. The highest BCUT2D eigenvalue weighted by atomic mass is 16.5. The second-order valence-electron chi connectivity index (χ2n) is 6.36. The highest BCUT2D eigenvalue weighted by Crippen LogP contribution is 2.10. The molecule has 2 N–H and O–H groups in total. The van der Waals surface area contributed by atoms with Crippen molar-refractivity contribution in [1.29, 1.82) is 0 Å². The average molecular weight is 354 g/mol. The molecule has 5 nitrogen and oxygen atoms in total. The van der Waals surface area contributed by atoms with Crippen molar-refractivity contribution in [2.75, 3.05) is 39.7 Å². The van der Waals surface area contributed by atoms with Crippen LogP contribution in [-0.4, -0.2) is 45.2 Å². The first kappa shape index (κ1) is 19.8. The van der Waals surface area contributed by atoms with Gasteiger partial charge in [-0.1, -0.05) is 42.0 Å². The van der Waals surface area contributed by atoms with Crippen molar-refractivity contribution in [3.05, 3.63) is 65.2 Å². The number of rotatable bonds is 8. The number of ether oxygens (including phenoxy) is 1. The minimum atomic E-state index is 0.701. The molecule has 0 aliphatic carbocycles. The number of methoxy groups -OCH3 is 1. The lowest BCUT2D eigenvalue weighted by Crippen LogP contribution is -2.38. The highest BCUT2D eigenvalue weighted by Gasteiger charge is 2.06. The topological polar surface area (TPSA) is 48.9 Å². The molecule has 0 spiro atoms. The molecule has 0 atom stereocenters. The normalized spacial score (nSPS) is 11.3. The zero-order valence-electron chi connectivity index (χ0n) is 16.2. The Hall–Kier alpha value is -2.53. The smallest absolute Gasteiger partial charge is 0.193 e. The summed E-state index contributed by atoms with van der Waals surface area (Å²) < 4.78 is 5.04. The number of nitrogens with zero attached hydrogens (tertiary/aromatic N) is 2. The molecule has 0 saturated carbocycles. The lowest BCUT2D eigenvalue weighted by Gasteiger charge is -2.22. The molecule has 0 aliphatic rings. The van der Waals surface area contributed by atoms with Crippen LogP contribution in [0, 0.1) is 6.92 Å². The third-order valence-electron chi connectivity index (χ3n) is 4.15. The standard InChI is InChI=1S/C21H30N4O/c1-17-5-7-19(8-6-17)16-25(3)21(22-2)24-15-18-9-11-20(12-10-18)23-13-14-26-4/h5-12,23H,13-16H2,1-4H3,(H,22,24). The van der Waals surface area contributed by atoms with Crippen molar-refractivity contribution in [3.63, 3.8) is 0 Å². The van der Waals surface area contributed by atoms with Crippen molar-refractivity contribution < 1.29 is 4.74 Å². The Morgan fingerprint density at radius 3 is 2.31 bits per heavy atom. The third-order valence-corrected chi connectivity index (χ3v) is 4.15. The minimum Gasteiger partial charge on any atom is -0.383 e. The zero-order valence-corrected chi connectivity index (χ0v) is 16.2. The quantitative estimate of drug-likeness (QED) is 0.434. The molecule has 0 amide bonds. The number of nitrogens with one attached hydrogen (secondary N) is 2. The van der Waals surface area contributed by atoms with Gasteiger partial charge in [-0.2, -0.15) is 0 Å². The lowest BCUT2D eigenvalue weighted by molar-refractivity contribution is 0.211. The highest BCUT2D eigenvalue weighted by molar-refractivity contribution is 5.79. The largest absolute Gasteiger partial charge is 0.383 e. The Balaban J connectivity index is 1.84. The summed E-state index contributed by atoms with van der Waals surface area (Å²) in [4.78, 5) is 6.52. The van der Waals surface area contributed by atoms with Gasteiger partial charge in [0.1, 0.15) is 0 Å². The molecule has 140 valence electrons. The summed E-state index contributed by atoms with van der Waals surface area (Å²) in [7, 11) is 5.58. The molecule has 0 radical (unpaired) electrons. The van der Waals surface area contributed by atoms with Crippen LogP contribution in [0.2, 0.25) is 0 Å². The molecule has 0 bridgehead atoms. The Bertz CT molecular complexity index is 680. The van der Waals surface area contributed by atoms with E-state index in [2.05, 4.69) is 83.0 Å². The summed E-state index contributed by atoms with van der Waals surface area (Å²) in [5.74, 6) is 0.882. The van der Waals surface area contributed by atoms with E-state index in [0.29, 0.717) is 6.61 Å². The van der Waals surface area contributed by atoms with Crippen LogP contribution in [0.3, 0.4) is 0 Å². The summed E-state index contributed by atoms with van der Waals surface area (Å²) in [5.41, 5.74) is 4.87. The Morgan fingerprint density at radius 2 is 1.69 bits per heavy atom. The first-order valence-corrected chi connectivity index (χ1v) is 8.91. The lowest BCUT2D eigenvalue weighted by atomic mass is 10.1. The van der Waals surface area contributed by atoms with Gasteiger partial charge in [-0.25, -0.2) is 0 Å². The fourth-order valence-corrected chi connectivity index (χ4v) is 2.65. The summed E-state index contributed by atoms with van der Waals surface area (Å²) in [6, 6.07) is 17.0. The van der Waals surface area contributed by atoms with E-state index in [9.17, 15) is 0 Å². The molecular weight excluding hydrogens is 324 g/mol. The molecule has 2 aromatic rings. The molecule has 0 aromatic heterocycles. The van der Waals surface area contributed by atoms with Gasteiger partial charge < -0.3 is 20.3 Å². The molecule has 0 fully saturated rings. The average Bonchev–Trinajstić information content (AvgIpc) is 2.65. The number of benzene rings is 2. The van der Waals surface area contributed by atoms with E-state index in [4.69, 9.17) is 4.74 Å². The zero-order chi connectivity index (χ0) is 18.8. The number of aryl methyl sites for hydroxylation is 1. The Morgan fingerprint density at radius 1 is 1.04 bits per heavy atom. The van der Waals surface area contributed by atoms with Gasteiger partial charge in [0.2, 0.25) is 0 Å². The minimum absolute atomic E-state index is 0.701. The molecule has 0 unspecified atom stereocenters. The van der Waals surface area contributed by atoms with Crippen LogP contribution in [0.5, 0.6) is 0 Å². The number of guanidine groups is 1. The number of hydrogen-bond donors (Lipinski definition) is 2. The van der Waals surface area contributed by atoms with E-state index in [1.165, 1.54) is 16.7 Å². The van der Waals surface area contributed by atoms with Crippen molar-refractivity contribution in [1.82, 2.24) is 10.2 Å². The van der Waals surface area contributed by atoms with Gasteiger partial charge in [0.05, 0.1) is 6.61 Å². The molecule has 26 heavy (non-hydrogen) atoms. The van der Waals surface area contributed by atoms with Gasteiger partial charge in [0, 0.05) is 46.5 Å². The van der Waals surface area contributed by atoms with E-state index in [-0.39, 0.29) is 0 Å². The van der Waals surface area contributed by atoms with E-state index >= 15 is 0 Å². The molecule has 5 heteroatoms.